The van der Waals surface area contributed by atoms with Gasteiger partial charge in [0, 0.05) is 39.2 Å². The third-order valence-electron chi connectivity index (χ3n) is 7.48. The van der Waals surface area contributed by atoms with Crippen LogP contribution in [0.25, 0.3) is 0 Å². The lowest BCUT2D eigenvalue weighted by Crippen LogP contribution is -2.46. The van der Waals surface area contributed by atoms with E-state index in [1.165, 1.54) is 24.8 Å². The number of methoxy groups -OCH3 is 1. The number of amides is 2. The number of ether oxygens (including phenoxy) is 1. The van der Waals surface area contributed by atoms with E-state index in [4.69, 9.17) is 4.74 Å². The monoisotopic (exact) mass is 477 g/mol. The van der Waals surface area contributed by atoms with Crippen LogP contribution in [-0.4, -0.2) is 49.5 Å². The molecule has 188 valence electrons. The van der Waals surface area contributed by atoms with Crippen molar-refractivity contribution in [3.8, 4) is 0 Å². The first-order valence-corrected chi connectivity index (χ1v) is 13.1. The normalized spacial score (nSPS) is 18.9. The highest BCUT2D eigenvalue weighted by Gasteiger charge is 2.27. The first-order valence-electron chi connectivity index (χ1n) is 13.1. The van der Waals surface area contributed by atoms with Crippen molar-refractivity contribution in [3.63, 3.8) is 0 Å². The molecule has 0 bridgehead atoms. The van der Waals surface area contributed by atoms with E-state index < -0.39 is 6.10 Å². The van der Waals surface area contributed by atoms with Gasteiger partial charge >= 0.3 is 0 Å². The zero-order chi connectivity index (χ0) is 24.5. The summed E-state index contributed by atoms with van der Waals surface area (Å²) in [6, 6.07) is 20.1. The van der Waals surface area contributed by atoms with Crippen molar-refractivity contribution in [2.75, 3.05) is 26.7 Å². The second-order valence-corrected chi connectivity index (χ2v) is 9.97. The minimum absolute atomic E-state index is 0.0366. The molecule has 0 aromatic heterocycles. The number of rotatable bonds is 11. The van der Waals surface area contributed by atoms with Gasteiger partial charge in [-0.05, 0) is 49.1 Å². The molecule has 35 heavy (non-hydrogen) atoms. The topological polar surface area (TPSA) is 70.7 Å². The molecular formula is C29H39N3O3. The third-order valence-corrected chi connectivity index (χ3v) is 7.48. The van der Waals surface area contributed by atoms with Crippen molar-refractivity contribution < 1.29 is 14.3 Å². The molecule has 0 spiro atoms. The Morgan fingerprint density at radius 1 is 0.943 bits per heavy atom. The van der Waals surface area contributed by atoms with Gasteiger partial charge in [-0.25, -0.2) is 0 Å². The smallest absolute Gasteiger partial charge is 0.253 e. The van der Waals surface area contributed by atoms with Crippen LogP contribution in [0.1, 0.15) is 68.2 Å². The Labute approximate surface area is 209 Å². The Morgan fingerprint density at radius 3 is 2.14 bits per heavy atom. The summed E-state index contributed by atoms with van der Waals surface area (Å²) in [5, 5.41) is 6.49. The molecule has 0 unspecified atom stereocenters. The molecule has 4 rings (SSSR count). The number of hydrogen-bond acceptors (Lipinski definition) is 4. The van der Waals surface area contributed by atoms with Gasteiger partial charge < -0.3 is 20.3 Å². The van der Waals surface area contributed by atoms with Crippen LogP contribution in [0.15, 0.2) is 60.7 Å². The summed E-state index contributed by atoms with van der Waals surface area (Å²) in [4.78, 5) is 27.9. The quantitative estimate of drug-likeness (QED) is 0.504. The van der Waals surface area contributed by atoms with Crippen molar-refractivity contribution in [2.45, 2.75) is 63.1 Å². The minimum Gasteiger partial charge on any atom is -0.367 e. The molecule has 6 heteroatoms. The molecule has 1 aliphatic heterocycles. The van der Waals surface area contributed by atoms with Crippen LogP contribution in [0.2, 0.25) is 0 Å². The van der Waals surface area contributed by atoms with E-state index in [9.17, 15) is 9.59 Å². The maximum atomic E-state index is 12.8. The van der Waals surface area contributed by atoms with Gasteiger partial charge in [-0.15, -0.1) is 0 Å². The van der Waals surface area contributed by atoms with Crippen LogP contribution >= 0.6 is 0 Å². The molecule has 2 N–H and O–H groups in total. The number of carbonyl (C=O) groups excluding carboxylic acids is 2. The second kappa shape index (κ2) is 12.8. The highest BCUT2D eigenvalue weighted by molar-refractivity contribution is 5.82. The van der Waals surface area contributed by atoms with E-state index in [-0.39, 0.29) is 23.9 Å². The molecule has 1 saturated carbocycles. The maximum Gasteiger partial charge on any atom is 0.253 e. The van der Waals surface area contributed by atoms with Crippen molar-refractivity contribution in [1.82, 2.24) is 15.5 Å². The molecule has 2 aliphatic rings. The summed E-state index contributed by atoms with van der Waals surface area (Å²) < 4.78 is 5.48. The molecule has 1 heterocycles. The molecular weight excluding hydrogens is 438 g/mol. The predicted octanol–water partition coefficient (Wildman–Crippen LogP) is 4.39. The molecule has 2 atom stereocenters. The average molecular weight is 478 g/mol. The fraction of sp³-hybridized carbons (Fsp3) is 0.517. The van der Waals surface area contributed by atoms with Crippen LogP contribution in [0.4, 0.5) is 0 Å². The van der Waals surface area contributed by atoms with Crippen molar-refractivity contribution in [2.24, 2.45) is 5.92 Å². The number of nitrogens with one attached hydrogen (secondary N) is 2. The molecule has 2 amide bonds. The SMILES string of the molecule is CO[C@@H](C(=O)NC1CCN(CC[C@H](NC(=O)CC2CCC2)c2ccccc2)CC1)c1ccccc1. The summed E-state index contributed by atoms with van der Waals surface area (Å²) in [5.41, 5.74) is 2.04. The highest BCUT2D eigenvalue weighted by Crippen LogP contribution is 2.30. The zero-order valence-electron chi connectivity index (χ0n) is 20.8. The van der Waals surface area contributed by atoms with Gasteiger partial charge in [0.2, 0.25) is 5.91 Å². The molecule has 2 aromatic rings. The van der Waals surface area contributed by atoms with Crippen LogP contribution in [0.3, 0.4) is 0 Å². The van der Waals surface area contributed by atoms with Gasteiger partial charge in [-0.1, -0.05) is 67.1 Å². The maximum absolute atomic E-state index is 12.8. The first kappa shape index (κ1) is 25.4. The fourth-order valence-corrected chi connectivity index (χ4v) is 5.13. The van der Waals surface area contributed by atoms with Crippen LogP contribution < -0.4 is 10.6 Å². The highest BCUT2D eigenvalue weighted by atomic mass is 16.5. The third kappa shape index (κ3) is 7.39. The van der Waals surface area contributed by atoms with Gasteiger partial charge in [0.1, 0.15) is 0 Å². The Bertz CT molecular complexity index is 925. The van der Waals surface area contributed by atoms with Crippen molar-refractivity contribution in [1.29, 1.82) is 0 Å². The summed E-state index contributed by atoms with van der Waals surface area (Å²) >= 11 is 0. The van der Waals surface area contributed by atoms with Gasteiger partial charge in [0.25, 0.3) is 5.91 Å². The lowest BCUT2D eigenvalue weighted by Gasteiger charge is -2.34. The number of hydrogen-bond donors (Lipinski definition) is 2. The van der Waals surface area contributed by atoms with Gasteiger partial charge in [-0.2, -0.15) is 0 Å². The summed E-state index contributed by atoms with van der Waals surface area (Å²) in [6.07, 6.45) is 6.43. The van der Waals surface area contributed by atoms with Crippen molar-refractivity contribution in [3.05, 3.63) is 71.8 Å². The van der Waals surface area contributed by atoms with E-state index in [1.54, 1.807) is 7.11 Å². The average Bonchev–Trinajstić information content (AvgIpc) is 2.86. The Balaban J connectivity index is 1.24. The Morgan fingerprint density at radius 2 is 1.57 bits per heavy atom. The van der Waals surface area contributed by atoms with Crippen LogP contribution in [-0.2, 0) is 14.3 Å². The first-order chi connectivity index (χ1) is 17.1. The molecule has 2 aromatic carbocycles. The van der Waals surface area contributed by atoms with E-state index in [0.717, 1.165) is 44.5 Å². The van der Waals surface area contributed by atoms with E-state index in [0.29, 0.717) is 12.3 Å². The molecule has 6 nitrogen and oxygen atoms in total. The number of benzene rings is 2. The number of likely N-dealkylation sites (tertiary alicyclic amines) is 1. The number of nitrogens with zero attached hydrogens (tertiary/aromatic N) is 1. The largest absolute Gasteiger partial charge is 0.367 e. The second-order valence-electron chi connectivity index (χ2n) is 9.97. The lowest BCUT2D eigenvalue weighted by molar-refractivity contribution is -0.132. The predicted molar refractivity (Wildman–Crippen MR) is 138 cm³/mol. The minimum atomic E-state index is -0.579. The summed E-state index contributed by atoms with van der Waals surface area (Å²) in [7, 11) is 1.58. The number of carbonyl (C=O) groups is 2. The van der Waals surface area contributed by atoms with E-state index >= 15 is 0 Å². The number of piperidine rings is 1. The molecule has 0 radical (unpaired) electrons. The van der Waals surface area contributed by atoms with Gasteiger partial charge in [-0.3, -0.25) is 9.59 Å². The van der Waals surface area contributed by atoms with Gasteiger partial charge in [0.15, 0.2) is 6.10 Å². The Kier molecular flexibility index (Phi) is 9.32. The molecule has 1 saturated heterocycles. The molecule has 1 aliphatic carbocycles. The van der Waals surface area contributed by atoms with Gasteiger partial charge in [0.05, 0.1) is 6.04 Å². The summed E-state index contributed by atoms with van der Waals surface area (Å²) in [5.74, 6) is 0.673. The zero-order valence-corrected chi connectivity index (χ0v) is 20.8. The van der Waals surface area contributed by atoms with Crippen LogP contribution in [0.5, 0.6) is 0 Å². The fourth-order valence-electron chi connectivity index (χ4n) is 5.13. The summed E-state index contributed by atoms with van der Waals surface area (Å²) in [6.45, 7) is 2.80. The lowest BCUT2D eigenvalue weighted by atomic mass is 9.83. The van der Waals surface area contributed by atoms with Crippen molar-refractivity contribution >= 4 is 11.8 Å². The van der Waals surface area contributed by atoms with E-state index in [1.807, 2.05) is 48.5 Å². The van der Waals surface area contributed by atoms with Crippen LogP contribution in [0, 0.1) is 5.92 Å². The van der Waals surface area contributed by atoms with E-state index in [2.05, 4.69) is 27.7 Å². The standard InChI is InChI=1S/C29H39N3O3/c1-35-28(24-13-6-3-7-14-24)29(34)30-25-15-18-32(19-16-25)20-17-26(23-11-4-2-5-12-23)31-27(33)21-22-9-8-10-22/h2-7,11-14,22,25-26,28H,8-10,15-21H2,1H3,(H,30,34)(H,31,33)/t26-,28+/m0/s1. The molecule has 2 fully saturated rings. The Hall–Kier alpha value is -2.70.